The first-order chi connectivity index (χ1) is 12.0. The van der Waals surface area contributed by atoms with E-state index in [0.29, 0.717) is 18.4 Å². The molecule has 1 saturated carbocycles. The quantitative estimate of drug-likeness (QED) is 0.509. The zero-order valence-electron chi connectivity index (χ0n) is 17.5. The summed E-state index contributed by atoms with van der Waals surface area (Å²) in [6.45, 7) is 13.0. The minimum absolute atomic E-state index is 0.0882. The molecule has 0 aromatic heterocycles. The maximum absolute atomic E-state index is 12.7. The van der Waals surface area contributed by atoms with E-state index in [1.54, 1.807) is 0 Å². The van der Waals surface area contributed by atoms with Crippen LogP contribution in [0.3, 0.4) is 0 Å². The molecule has 2 rings (SSSR count). The topological polar surface area (TPSA) is 58.2 Å². The highest BCUT2D eigenvalue weighted by molar-refractivity contribution is 5.88. The van der Waals surface area contributed by atoms with E-state index in [4.69, 9.17) is 0 Å². The van der Waals surface area contributed by atoms with Gasteiger partial charge in [0.05, 0.1) is 6.04 Å². The van der Waals surface area contributed by atoms with Crippen molar-refractivity contribution in [2.24, 2.45) is 23.2 Å². The number of carbonyl (C=O) groups is 2. The molecule has 0 aromatic rings. The second kappa shape index (κ2) is 8.24. The van der Waals surface area contributed by atoms with Gasteiger partial charge in [0, 0.05) is 23.4 Å². The van der Waals surface area contributed by atoms with Crippen molar-refractivity contribution >= 4 is 11.7 Å². The summed E-state index contributed by atoms with van der Waals surface area (Å²) >= 11 is 0. The monoisotopic (exact) mass is 362 g/mol. The first-order valence-electron chi connectivity index (χ1n) is 10.3. The van der Waals surface area contributed by atoms with Crippen LogP contribution in [0.5, 0.6) is 0 Å². The number of hydrogen-bond acceptors (Lipinski definition) is 3. The third-order valence-electron chi connectivity index (χ3n) is 5.50. The van der Waals surface area contributed by atoms with E-state index in [0.717, 1.165) is 32.1 Å². The summed E-state index contributed by atoms with van der Waals surface area (Å²) in [7, 11) is 0. The molecule has 0 aliphatic heterocycles. The number of fused-ring (bicyclic) bond motifs is 2. The van der Waals surface area contributed by atoms with Crippen LogP contribution in [0.25, 0.3) is 0 Å². The molecule has 2 aliphatic rings. The van der Waals surface area contributed by atoms with Crippen LogP contribution in [0.1, 0.15) is 73.6 Å². The van der Waals surface area contributed by atoms with Gasteiger partial charge < -0.3 is 10.6 Å². The van der Waals surface area contributed by atoms with Crippen molar-refractivity contribution in [3.8, 4) is 0 Å². The minimum atomic E-state index is -0.341. The molecule has 0 aromatic carbocycles. The van der Waals surface area contributed by atoms with Crippen LogP contribution in [0.15, 0.2) is 12.2 Å². The van der Waals surface area contributed by atoms with Gasteiger partial charge in [-0.3, -0.25) is 9.59 Å². The van der Waals surface area contributed by atoms with Crippen LogP contribution in [0.2, 0.25) is 0 Å². The number of carbonyl (C=O) groups excluding carboxylic acids is 2. The number of unbranched alkanes of at least 4 members (excludes halogenated alkanes) is 1. The van der Waals surface area contributed by atoms with Crippen molar-refractivity contribution in [2.45, 2.75) is 85.2 Å². The van der Waals surface area contributed by atoms with Gasteiger partial charge in [-0.05, 0) is 64.7 Å². The van der Waals surface area contributed by atoms with Crippen molar-refractivity contribution in [3.05, 3.63) is 12.2 Å². The smallest absolute Gasteiger partial charge is 0.223 e. The van der Waals surface area contributed by atoms with Crippen molar-refractivity contribution < 1.29 is 9.59 Å². The number of hydrogen-bond donors (Lipinski definition) is 2. The van der Waals surface area contributed by atoms with E-state index in [2.05, 4.69) is 43.6 Å². The average Bonchev–Trinajstić information content (AvgIpc) is 3.13. The third kappa shape index (κ3) is 5.94. The molecule has 4 heteroatoms. The van der Waals surface area contributed by atoms with Gasteiger partial charge in [0.25, 0.3) is 0 Å². The summed E-state index contributed by atoms with van der Waals surface area (Å²) in [6, 6.07) is -0.124. The van der Waals surface area contributed by atoms with Gasteiger partial charge in [-0.2, -0.15) is 0 Å². The van der Waals surface area contributed by atoms with Crippen molar-refractivity contribution in [1.82, 2.24) is 10.6 Å². The number of rotatable bonds is 8. The average molecular weight is 363 g/mol. The molecule has 1 fully saturated rings. The van der Waals surface area contributed by atoms with Gasteiger partial charge >= 0.3 is 0 Å². The van der Waals surface area contributed by atoms with Crippen LogP contribution in [-0.2, 0) is 9.59 Å². The molecule has 0 spiro atoms. The van der Waals surface area contributed by atoms with Gasteiger partial charge in [-0.15, -0.1) is 0 Å². The number of nitrogens with one attached hydrogen (secondary N) is 2. The van der Waals surface area contributed by atoms with E-state index in [1.165, 1.54) is 0 Å². The SMILES string of the molecule is CC(C)(C)NC(CCCCNC(=O)C1CC2C=CC1C2)C(=O)C(C)(C)C. The van der Waals surface area contributed by atoms with E-state index < -0.39 is 0 Å². The van der Waals surface area contributed by atoms with E-state index in [1.807, 2.05) is 20.8 Å². The lowest BCUT2D eigenvalue weighted by Crippen LogP contribution is -2.50. The minimum Gasteiger partial charge on any atom is -0.356 e. The molecule has 0 heterocycles. The van der Waals surface area contributed by atoms with Crippen molar-refractivity contribution in [3.63, 3.8) is 0 Å². The van der Waals surface area contributed by atoms with Crippen molar-refractivity contribution in [1.29, 1.82) is 0 Å². The second-order valence-electron chi connectivity index (χ2n) is 10.2. The Morgan fingerprint density at radius 3 is 2.23 bits per heavy atom. The molecule has 2 aliphatic carbocycles. The highest BCUT2D eigenvalue weighted by Gasteiger charge is 2.39. The van der Waals surface area contributed by atoms with Crippen LogP contribution >= 0.6 is 0 Å². The lowest BCUT2D eigenvalue weighted by molar-refractivity contribution is -0.129. The molecule has 2 bridgehead atoms. The number of ketones is 1. The maximum atomic E-state index is 12.7. The molecule has 2 N–H and O–H groups in total. The molecule has 0 saturated heterocycles. The third-order valence-corrected chi connectivity index (χ3v) is 5.50. The summed E-state index contributed by atoms with van der Waals surface area (Å²) < 4.78 is 0. The van der Waals surface area contributed by atoms with Crippen LogP contribution in [0, 0.1) is 23.2 Å². The fourth-order valence-corrected chi connectivity index (χ4v) is 4.21. The van der Waals surface area contributed by atoms with E-state index >= 15 is 0 Å². The first kappa shape index (κ1) is 21.1. The summed E-state index contributed by atoms with van der Waals surface area (Å²) in [4.78, 5) is 25.1. The van der Waals surface area contributed by atoms with Crippen LogP contribution < -0.4 is 10.6 Å². The summed E-state index contributed by atoms with van der Waals surface area (Å²) in [5, 5.41) is 6.59. The molecule has 26 heavy (non-hydrogen) atoms. The Hall–Kier alpha value is -1.16. The zero-order chi connectivity index (χ0) is 19.5. The highest BCUT2D eigenvalue weighted by atomic mass is 16.2. The number of amides is 1. The lowest BCUT2D eigenvalue weighted by atomic mass is 9.84. The van der Waals surface area contributed by atoms with E-state index in [9.17, 15) is 9.59 Å². The molecule has 4 unspecified atom stereocenters. The Balaban J connectivity index is 1.72. The highest BCUT2D eigenvalue weighted by Crippen LogP contribution is 2.43. The largest absolute Gasteiger partial charge is 0.356 e. The fourth-order valence-electron chi connectivity index (χ4n) is 4.21. The lowest BCUT2D eigenvalue weighted by Gasteiger charge is -2.32. The Kier molecular flexibility index (Phi) is 6.70. The standard InChI is InChI=1S/C22H38N2O2/c1-21(2,3)19(25)18(24-22(4,5)6)9-7-8-12-23-20(26)17-14-15-10-11-16(17)13-15/h10-11,15-18,24H,7-9,12-14H2,1-6H3,(H,23,26). The Labute approximate surface area is 159 Å². The summed E-state index contributed by atoms with van der Waals surface area (Å²) in [5.41, 5.74) is -0.429. The normalized spacial score (nSPS) is 26.2. The van der Waals surface area contributed by atoms with E-state index in [-0.39, 0.29) is 34.6 Å². The van der Waals surface area contributed by atoms with Crippen LogP contribution in [0.4, 0.5) is 0 Å². The molecule has 1 amide bonds. The summed E-state index contributed by atoms with van der Waals surface area (Å²) in [6.07, 6.45) is 9.34. The Morgan fingerprint density at radius 1 is 1.04 bits per heavy atom. The van der Waals surface area contributed by atoms with Crippen LogP contribution in [-0.4, -0.2) is 29.8 Å². The maximum Gasteiger partial charge on any atom is 0.223 e. The van der Waals surface area contributed by atoms with Gasteiger partial charge in [0.1, 0.15) is 0 Å². The number of allylic oxidation sites excluding steroid dienone is 2. The van der Waals surface area contributed by atoms with Gasteiger partial charge in [0.2, 0.25) is 5.91 Å². The van der Waals surface area contributed by atoms with Gasteiger partial charge in [0.15, 0.2) is 5.78 Å². The Morgan fingerprint density at radius 2 is 1.73 bits per heavy atom. The Bertz CT molecular complexity index is 539. The summed E-state index contributed by atoms with van der Waals surface area (Å²) in [5.74, 6) is 1.76. The molecular formula is C22H38N2O2. The predicted molar refractivity (Wildman–Crippen MR) is 107 cm³/mol. The fraction of sp³-hybridized carbons (Fsp3) is 0.818. The van der Waals surface area contributed by atoms with Crippen molar-refractivity contribution in [2.75, 3.05) is 6.54 Å². The molecule has 0 radical (unpaired) electrons. The van der Waals surface area contributed by atoms with Gasteiger partial charge in [-0.1, -0.05) is 32.9 Å². The molecule has 4 atom stereocenters. The molecular weight excluding hydrogens is 324 g/mol. The zero-order valence-corrected chi connectivity index (χ0v) is 17.5. The first-order valence-corrected chi connectivity index (χ1v) is 10.3. The molecule has 148 valence electrons. The predicted octanol–water partition coefficient (Wildman–Crippen LogP) is 3.86. The van der Waals surface area contributed by atoms with Gasteiger partial charge in [-0.25, -0.2) is 0 Å². The second-order valence-corrected chi connectivity index (χ2v) is 10.2. The number of Topliss-reactive ketones (excluding diaryl/α,β-unsaturated/α-hetero) is 1. The molecule has 4 nitrogen and oxygen atoms in total.